The predicted octanol–water partition coefficient (Wildman–Crippen LogP) is 1.93. The minimum absolute atomic E-state index is 0.0837. The average Bonchev–Trinajstić information content (AvgIpc) is 2.85. The van der Waals surface area contributed by atoms with E-state index in [4.69, 9.17) is 22.4 Å². The molecule has 0 atom stereocenters. The zero-order valence-corrected chi connectivity index (χ0v) is 14.7. The highest BCUT2D eigenvalue weighted by atomic mass is 32.2. The van der Waals surface area contributed by atoms with Crippen LogP contribution in [-0.4, -0.2) is 45.5 Å². The first-order valence-electron chi connectivity index (χ1n) is 7.38. The van der Waals surface area contributed by atoms with Gasteiger partial charge in [0.2, 0.25) is 0 Å². The number of carboxylic acid groups (broad SMARTS) is 2. The molecule has 1 aliphatic rings. The van der Waals surface area contributed by atoms with Crippen LogP contribution in [0.3, 0.4) is 0 Å². The van der Waals surface area contributed by atoms with E-state index < -0.39 is 11.9 Å². The molecule has 0 aliphatic carbocycles. The second kappa shape index (κ2) is 8.63. The summed E-state index contributed by atoms with van der Waals surface area (Å²) in [6.45, 7) is 0.436. The Morgan fingerprint density at radius 3 is 2.12 bits per heavy atom. The van der Waals surface area contributed by atoms with Crippen LogP contribution in [0, 0.1) is 0 Å². The van der Waals surface area contributed by atoms with Gasteiger partial charge in [0, 0.05) is 18.8 Å². The van der Waals surface area contributed by atoms with Crippen LogP contribution in [0.5, 0.6) is 0 Å². The summed E-state index contributed by atoms with van der Waals surface area (Å²) < 4.78 is 0.418. The molecule has 0 spiro atoms. The van der Waals surface area contributed by atoms with Gasteiger partial charge in [-0.1, -0.05) is 36.1 Å². The van der Waals surface area contributed by atoms with Gasteiger partial charge in [-0.05, 0) is 23.8 Å². The lowest BCUT2D eigenvalue weighted by Gasteiger charge is -2.23. The molecule has 2 rings (SSSR count). The summed E-state index contributed by atoms with van der Waals surface area (Å²) in [6.07, 6.45) is 1.54. The van der Waals surface area contributed by atoms with E-state index in [1.165, 1.54) is 11.8 Å². The first-order valence-corrected chi connectivity index (χ1v) is 8.61. The van der Waals surface area contributed by atoms with E-state index in [0.717, 1.165) is 11.3 Å². The van der Waals surface area contributed by atoms with Gasteiger partial charge in [-0.15, -0.1) is 0 Å². The number of hydrogen-bond acceptors (Lipinski definition) is 6. The molecule has 1 saturated heterocycles. The number of hydrogen-bond donors (Lipinski definition) is 3. The fourth-order valence-electron chi connectivity index (χ4n) is 2.18. The van der Waals surface area contributed by atoms with Crippen molar-refractivity contribution in [1.82, 2.24) is 5.32 Å². The molecule has 1 aromatic rings. The molecule has 9 heteroatoms. The molecular weight excluding hydrogens is 364 g/mol. The maximum Gasteiger partial charge on any atom is 0.305 e. The monoisotopic (exact) mass is 380 g/mol. The fourth-order valence-corrected chi connectivity index (χ4v) is 3.23. The van der Waals surface area contributed by atoms with Gasteiger partial charge in [0.15, 0.2) is 0 Å². The van der Waals surface area contributed by atoms with Gasteiger partial charge >= 0.3 is 11.9 Å². The lowest BCUT2D eigenvalue weighted by atomic mass is 10.1. The van der Waals surface area contributed by atoms with E-state index in [-0.39, 0.29) is 31.8 Å². The smallest absolute Gasteiger partial charge is 0.305 e. The Balaban J connectivity index is 2.12. The van der Waals surface area contributed by atoms with Gasteiger partial charge in [-0.25, -0.2) is 0 Å². The Bertz CT molecular complexity index is 713. The van der Waals surface area contributed by atoms with Crippen molar-refractivity contribution in [3.05, 3.63) is 34.7 Å². The maximum atomic E-state index is 11.7. The lowest BCUT2D eigenvalue weighted by Crippen LogP contribution is -2.28. The quantitative estimate of drug-likeness (QED) is 0.464. The molecule has 132 valence electrons. The van der Waals surface area contributed by atoms with Crippen molar-refractivity contribution >= 4 is 57.9 Å². The molecule has 0 aromatic heterocycles. The minimum Gasteiger partial charge on any atom is -0.481 e. The minimum atomic E-state index is -0.943. The number of thioether (sulfide) groups is 1. The fraction of sp³-hybridized carbons (Fsp3) is 0.250. The van der Waals surface area contributed by atoms with Gasteiger partial charge in [-0.2, -0.15) is 0 Å². The average molecular weight is 380 g/mol. The third-order valence-corrected chi connectivity index (χ3v) is 4.55. The van der Waals surface area contributed by atoms with Crippen molar-refractivity contribution in [1.29, 1.82) is 0 Å². The molecule has 1 fully saturated rings. The number of thiocarbonyl (C=S) groups is 1. The van der Waals surface area contributed by atoms with Crippen LogP contribution in [-0.2, 0) is 14.4 Å². The molecule has 3 N–H and O–H groups in total. The second-order valence-electron chi connectivity index (χ2n) is 5.22. The number of carbonyl (C=O) groups is 3. The van der Waals surface area contributed by atoms with Crippen LogP contribution in [0.1, 0.15) is 18.4 Å². The van der Waals surface area contributed by atoms with Crippen LogP contribution < -0.4 is 10.2 Å². The SMILES string of the molecule is O=C(O)CCN(CCC(=O)O)c1ccc(/C=C2/SC(=S)NC2=O)cc1. The largest absolute Gasteiger partial charge is 0.481 e. The van der Waals surface area contributed by atoms with E-state index in [0.29, 0.717) is 9.23 Å². The highest BCUT2D eigenvalue weighted by Gasteiger charge is 2.21. The van der Waals surface area contributed by atoms with E-state index >= 15 is 0 Å². The van der Waals surface area contributed by atoms with Crippen molar-refractivity contribution < 1.29 is 24.6 Å². The molecule has 1 amide bonds. The normalized spacial score (nSPS) is 15.3. The molecule has 1 aliphatic heterocycles. The topological polar surface area (TPSA) is 107 Å². The van der Waals surface area contributed by atoms with Gasteiger partial charge in [-0.3, -0.25) is 14.4 Å². The van der Waals surface area contributed by atoms with Gasteiger partial charge < -0.3 is 20.4 Å². The maximum absolute atomic E-state index is 11.7. The molecule has 0 saturated carbocycles. The third kappa shape index (κ3) is 5.87. The van der Waals surface area contributed by atoms with Crippen molar-refractivity contribution in [2.45, 2.75) is 12.8 Å². The summed E-state index contributed by atoms with van der Waals surface area (Å²) in [5, 5.41) is 20.2. The van der Waals surface area contributed by atoms with E-state index in [1.54, 1.807) is 35.2 Å². The predicted molar refractivity (Wildman–Crippen MR) is 99.5 cm³/mol. The molecule has 25 heavy (non-hydrogen) atoms. The Kier molecular flexibility index (Phi) is 6.54. The first kappa shape index (κ1) is 18.9. The molecule has 1 aromatic carbocycles. The van der Waals surface area contributed by atoms with Crippen molar-refractivity contribution in [3.63, 3.8) is 0 Å². The van der Waals surface area contributed by atoms with Crippen molar-refractivity contribution in [2.24, 2.45) is 0 Å². The number of rotatable bonds is 8. The van der Waals surface area contributed by atoms with E-state index in [9.17, 15) is 14.4 Å². The van der Waals surface area contributed by atoms with Crippen LogP contribution >= 0.6 is 24.0 Å². The summed E-state index contributed by atoms with van der Waals surface area (Å²) >= 11 is 6.12. The number of nitrogens with zero attached hydrogens (tertiary/aromatic N) is 1. The van der Waals surface area contributed by atoms with Crippen LogP contribution in [0.25, 0.3) is 6.08 Å². The summed E-state index contributed by atoms with van der Waals surface area (Å²) in [5.41, 5.74) is 1.52. The van der Waals surface area contributed by atoms with Crippen molar-refractivity contribution in [3.8, 4) is 0 Å². The number of nitrogens with one attached hydrogen (secondary N) is 1. The molecule has 1 heterocycles. The van der Waals surface area contributed by atoms with E-state index in [2.05, 4.69) is 5.32 Å². The molecule has 0 radical (unpaired) electrons. The molecule has 7 nitrogen and oxygen atoms in total. The van der Waals surface area contributed by atoms with E-state index in [1.807, 2.05) is 0 Å². The zero-order valence-electron chi connectivity index (χ0n) is 13.1. The third-order valence-electron chi connectivity index (χ3n) is 3.39. The number of carbonyl (C=O) groups excluding carboxylic acids is 1. The Morgan fingerprint density at radius 1 is 1.12 bits per heavy atom. The molecule has 0 bridgehead atoms. The number of anilines is 1. The molecular formula is C16H16N2O5S2. The Morgan fingerprint density at radius 2 is 1.68 bits per heavy atom. The van der Waals surface area contributed by atoms with Gasteiger partial charge in [0.05, 0.1) is 17.7 Å². The number of benzene rings is 1. The number of carboxylic acids is 2. The first-order chi connectivity index (χ1) is 11.8. The van der Waals surface area contributed by atoms with Gasteiger partial charge in [0.1, 0.15) is 4.32 Å². The second-order valence-corrected chi connectivity index (χ2v) is 6.94. The lowest BCUT2D eigenvalue weighted by molar-refractivity contribution is -0.137. The number of aliphatic carboxylic acids is 2. The zero-order chi connectivity index (χ0) is 18.4. The Hall–Kier alpha value is -2.39. The summed E-state index contributed by atoms with van der Waals surface area (Å²) in [5.74, 6) is -2.12. The van der Waals surface area contributed by atoms with Crippen LogP contribution in [0.15, 0.2) is 29.2 Å². The standard InChI is InChI=1S/C16H16N2O5S2/c19-13(20)5-7-18(8-6-14(21)22)11-3-1-10(2-4-11)9-12-15(23)17-16(24)25-12/h1-4,9H,5-8H2,(H,19,20)(H,21,22)(H,17,23,24)/b12-9+. The Labute approximate surface area is 153 Å². The van der Waals surface area contributed by atoms with Crippen molar-refractivity contribution in [2.75, 3.05) is 18.0 Å². The van der Waals surface area contributed by atoms with Crippen LogP contribution in [0.4, 0.5) is 5.69 Å². The summed E-state index contributed by atoms with van der Waals surface area (Å²) in [4.78, 5) is 35.4. The highest BCUT2D eigenvalue weighted by Crippen LogP contribution is 2.26. The van der Waals surface area contributed by atoms with Crippen LogP contribution in [0.2, 0.25) is 0 Å². The highest BCUT2D eigenvalue weighted by molar-refractivity contribution is 8.26. The number of amides is 1. The summed E-state index contributed by atoms with van der Waals surface area (Å²) in [7, 11) is 0. The summed E-state index contributed by atoms with van der Waals surface area (Å²) in [6, 6.07) is 7.11. The van der Waals surface area contributed by atoms with Gasteiger partial charge in [0.25, 0.3) is 5.91 Å². The molecule has 0 unspecified atom stereocenters.